The van der Waals surface area contributed by atoms with Gasteiger partial charge in [-0.15, -0.1) is 0 Å². The normalized spacial score (nSPS) is 25.1. The summed E-state index contributed by atoms with van der Waals surface area (Å²) in [6, 6.07) is 6.10. The van der Waals surface area contributed by atoms with Crippen molar-refractivity contribution in [3.05, 3.63) is 29.8 Å². The number of ether oxygens (including phenoxy) is 5. The smallest absolute Gasteiger partial charge is 0.303 e. The summed E-state index contributed by atoms with van der Waals surface area (Å²) in [4.78, 5) is 46.8. The van der Waals surface area contributed by atoms with Crippen LogP contribution < -0.4 is 10.1 Å². The van der Waals surface area contributed by atoms with E-state index in [1.54, 1.807) is 18.2 Å². The van der Waals surface area contributed by atoms with Crippen LogP contribution in [0.25, 0.3) is 0 Å². The fourth-order valence-corrected chi connectivity index (χ4v) is 3.21. The predicted molar refractivity (Wildman–Crippen MR) is 106 cm³/mol. The molecule has 1 N–H and O–H groups in total. The summed E-state index contributed by atoms with van der Waals surface area (Å²) >= 11 is 0. The third-order valence-corrected chi connectivity index (χ3v) is 4.31. The van der Waals surface area contributed by atoms with Gasteiger partial charge >= 0.3 is 17.9 Å². The number of hydrogen-bond donors (Lipinski definition) is 1. The summed E-state index contributed by atoms with van der Waals surface area (Å²) in [5, 5.41) is 2.65. The Hall–Kier alpha value is -3.14. The highest BCUT2D eigenvalue weighted by Crippen LogP contribution is 2.29. The number of carbonyl (C=O) groups is 4. The van der Waals surface area contributed by atoms with Gasteiger partial charge in [0.25, 0.3) is 0 Å². The summed E-state index contributed by atoms with van der Waals surface area (Å²) in [6.45, 7) is 6.45. The molecule has 0 aromatic heterocycles. The van der Waals surface area contributed by atoms with E-state index in [9.17, 15) is 19.2 Å². The van der Waals surface area contributed by atoms with Crippen molar-refractivity contribution in [2.75, 3.05) is 6.61 Å². The largest absolute Gasteiger partial charge is 0.463 e. The molecule has 1 aromatic rings. The van der Waals surface area contributed by atoms with Crippen LogP contribution >= 0.6 is 0 Å². The SMILES string of the molecule is CC(=O)N[C@H]1[C@H](Oc2cccc(C)c2)O[C@H](COC(C)=O)[C@@H](OC(C)=O)[C@@H]1OC(C)=O. The number of aryl methyl sites for hydroxylation is 1. The molecule has 0 aliphatic carbocycles. The van der Waals surface area contributed by atoms with Crippen molar-refractivity contribution in [3.8, 4) is 5.75 Å². The van der Waals surface area contributed by atoms with Crippen molar-refractivity contribution in [3.63, 3.8) is 0 Å². The number of carbonyl (C=O) groups excluding carboxylic acids is 4. The van der Waals surface area contributed by atoms with E-state index in [4.69, 9.17) is 23.7 Å². The van der Waals surface area contributed by atoms with Gasteiger partial charge in [-0.05, 0) is 24.6 Å². The topological polar surface area (TPSA) is 126 Å². The number of rotatable bonds is 7. The van der Waals surface area contributed by atoms with Gasteiger partial charge in [-0.25, -0.2) is 0 Å². The Morgan fingerprint density at radius 1 is 0.968 bits per heavy atom. The minimum absolute atomic E-state index is 0.286. The molecule has 0 bridgehead atoms. The van der Waals surface area contributed by atoms with Crippen LogP contribution in [0.1, 0.15) is 33.3 Å². The highest BCUT2D eigenvalue weighted by Gasteiger charge is 2.51. The Kier molecular flexibility index (Phi) is 8.38. The van der Waals surface area contributed by atoms with Gasteiger partial charge in [-0.2, -0.15) is 0 Å². The van der Waals surface area contributed by atoms with E-state index in [2.05, 4.69) is 5.32 Å². The Morgan fingerprint density at radius 3 is 2.16 bits per heavy atom. The molecule has 1 amide bonds. The molecular weight excluding hydrogens is 410 g/mol. The van der Waals surface area contributed by atoms with Crippen molar-refractivity contribution >= 4 is 23.8 Å². The Bertz CT molecular complexity index is 825. The van der Waals surface area contributed by atoms with E-state index in [0.29, 0.717) is 5.75 Å². The highest BCUT2D eigenvalue weighted by molar-refractivity contribution is 5.73. The number of hydrogen-bond acceptors (Lipinski definition) is 9. The Labute approximate surface area is 180 Å². The second-order valence-electron chi connectivity index (χ2n) is 7.15. The summed E-state index contributed by atoms with van der Waals surface area (Å²) in [6.07, 6.45) is -4.47. The second kappa shape index (κ2) is 10.8. The first-order chi connectivity index (χ1) is 14.6. The van der Waals surface area contributed by atoms with E-state index in [-0.39, 0.29) is 6.61 Å². The van der Waals surface area contributed by atoms with Crippen LogP contribution in [-0.4, -0.2) is 61.1 Å². The molecular formula is C21H27NO9. The predicted octanol–water partition coefficient (Wildman–Crippen LogP) is 1.03. The molecule has 0 radical (unpaired) electrons. The maximum absolute atomic E-state index is 11.9. The van der Waals surface area contributed by atoms with Crippen LogP contribution in [0.3, 0.4) is 0 Å². The first-order valence-electron chi connectivity index (χ1n) is 9.70. The summed E-state index contributed by atoms with van der Waals surface area (Å²) in [7, 11) is 0. The molecule has 0 saturated carbocycles. The first kappa shape index (κ1) is 24.1. The summed E-state index contributed by atoms with van der Waals surface area (Å²) in [5.41, 5.74) is 0.926. The third-order valence-electron chi connectivity index (χ3n) is 4.31. The van der Waals surface area contributed by atoms with Crippen LogP contribution in [-0.2, 0) is 38.1 Å². The monoisotopic (exact) mass is 437 g/mol. The lowest BCUT2D eigenvalue weighted by molar-refractivity contribution is -0.257. The van der Waals surface area contributed by atoms with Gasteiger partial charge in [-0.1, -0.05) is 12.1 Å². The number of benzene rings is 1. The molecule has 10 nitrogen and oxygen atoms in total. The van der Waals surface area contributed by atoms with Gasteiger partial charge in [0.1, 0.15) is 24.5 Å². The van der Waals surface area contributed by atoms with Gasteiger partial charge in [0.2, 0.25) is 12.2 Å². The van der Waals surface area contributed by atoms with Gasteiger partial charge in [-0.3, -0.25) is 19.2 Å². The molecule has 1 heterocycles. The zero-order chi connectivity index (χ0) is 23.1. The van der Waals surface area contributed by atoms with E-state index in [0.717, 1.165) is 5.56 Å². The molecule has 170 valence electrons. The molecule has 31 heavy (non-hydrogen) atoms. The quantitative estimate of drug-likeness (QED) is 0.491. The fourth-order valence-electron chi connectivity index (χ4n) is 3.21. The van der Waals surface area contributed by atoms with Crippen LogP contribution in [0.2, 0.25) is 0 Å². The zero-order valence-corrected chi connectivity index (χ0v) is 18.1. The number of esters is 3. The maximum atomic E-state index is 11.9. The standard InChI is InChI=1S/C21H27NO9/c1-11-7-6-8-16(9-11)30-21-18(22-12(2)23)20(29-15(5)26)19(28-14(4)25)17(31-21)10-27-13(3)24/h6-9,17-21H,10H2,1-5H3,(H,22,23)/t17-,18-,19-,20-,21-/m1/s1. The number of nitrogens with one attached hydrogen (secondary N) is 1. The molecule has 1 aliphatic rings. The zero-order valence-electron chi connectivity index (χ0n) is 18.1. The van der Waals surface area contributed by atoms with Gasteiger partial charge in [0, 0.05) is 27.7 Å². The van der Waals surface area contributed by atoms with Gasteiger partial charge < -0.3 is 29.0 Å². The van der Waals surface area contributed by atoms with Gasteiger partial charge in [0.05, 0.1) is 0 Å². The maximum Gasteiger partial charge on any atom is 0.303 e. The average molecular weight is 437 g/mol. The molecule has 1 saturated heterocycles. The van der Waals surface area contributed by atoms with Crippen molar-refractivity contribution in [2.45, 2.75) is 65.3 Å². The lowest BCUT2D eigenvalue weighted by atomic mass is 9.96. The van der Waals surface area contributed by atoms with Crippen molar-refractivity contribution < 1.29 is 42.9 Å². The Balaban J connectivity index is 2.44. The molecule has 5 atom stereocenters. The summed E-state index contributed by atoms with van der Waals surface area (Å²) < 4.78 is 27.7. The average Bonchev–Trinajstić information content (AvgIpc) is 2.64. The van der Waals surface area contributed by atoms with Crippen molar-refractivity contribution in [2.24, 2.45) is 0 Å². The lowest BCUT2D eigenvalue weighted by Gasteiger charge is -2.44. The second-order valence-corrected chi connectivity index (χ2v) is 7.15. The molecule has 0 unspecified atom stereocenters. The molecule has 1 fully saturated rings. The van der Waals surface area contributed by atoms with Crippen LogP contribution in [0.4, 0.5) is 0 Å². The Morgan fingerprint density at radius 2 is 1.61 bits per heavy atom. The van der Waals surface area contributed by atoms with Crippen molar-refractivity contribution in [1.29, 1.82) is 0 Å². The summed E-state index contributed by atoms with van der Waals surface area (Å²) in [5.74, 6) is -1.91. The number of amides is 1. The molecule has 2 rings (SSSR count). The molecule has 1 aliphatic heterocycles. The van der Waals surface area contributed by atoms with E-state index >= 15 is 0 Å². The molecule has 10 heteroatoms. The van der Waals surface area contributed by atoms with E-state index < -0.39 is 54.5 Å². The fraction of sp³-hybridized carbons (Fsp3) is 0.524. The van der Waals surface area contributed by atoms with Crippen LogP contribution in [0, 0.1) is 6.92 Å². The van der Waals surface area contributed by atoms with E-state index in [1.807, 2.05) is 13.0 Å². The lowest BCUT2D eigenvalue weighted by Crippen LogP contribution is -2.67. The molecule has 1 aromatic carbocycles. The van der Waals surface area contributed by atoms with Crippen LogP contribution in [0.5, 0.6) is 5.75 Å². The van der Waals surface area contributed by atoms with Crippen LogP contribution in [0.15, 0.2) is 24.3 Å². The van der Waals surface area contributed by atoms with Gasteiger partial charge in [0.15, 0.2) is 12.2 Å². The third kappa shape index (κ3) is 7.25. The minimum atomic E-state index is -1.16. The van der Waals surface area contributed by atoms with E-state index in [1.165, 1.54) is 27.7 Å². The first-order valence-corrected chi connectivity index (χ1v) is 9.70. The molecule has 0 spiro atoms. The minimum Gasteiger partial charge on any atom is -0.463 e. The van der Waals surface area contributed by atoms with Crippen molar-refractivity contribution in [1.82, 2.24) is 5.32 Å². The highest BCUT2D eigenvalue weighted by atomic mass is 16.7.